The molecule has 1 aliphatic heterocycles. The zero-order valence-electron chi connectivity index (χ0n) is 13.1. The smallest absolute Gasteiger partial charge is 0.330 e. The molecule has 0 aromatic carbocycles. The van der Waals surface area contributed by atoms with Gasteiger partial charge >= 0.3 is 5.97 Å². The van der Waals surface area contributed by atoms with Crippen LogP contribution < -0.4 is 10.9 Å². The molecule has 10 heteroatoms. The van der Waals surface area contributed by atoms with E-state index in [-0.39, 0.29) is 5.91 Å². The lowest BCUT2D eigenvalue weighted by Crippen LogP contribution is -2.45. The summed E-state index contributed by atoms with van der Waals surface area (Å²) >= 11 is 1.37. The molecule has 0 unspecified atom stereocenters. The maximum Gasteiger partial charge on any atom is 0.330 e. The van der Waals surface area contributed by atoms with Gasteiger partial charge in [-0.15, -0.1) is 11.8 Å². The van der Waals surface area contributed by atoms with Crippen molar-refractivity contribution >= 4 is 35.5 Å². The molecule has 1 aromatic heterocycles. The lowest BCUT2D eigenvalue weighted by Gasteiger charge is -2.25. The summed E-state index contributed by atoms with van der Waals surface area (Å²) in [7, 11) is 0. The van der Waals surface area contributed by atoms with Gasteiger partial charge in [-0.25, -0.2) is 4.79 Å². The lowest BCUT2D eigenvalue weighted by molar-refractivity contribution is -0.156. The lowest BCUT2D eigenvalue weighted by atomic mass is 10.2. The highest BCUT2D eigenvalue weighted by Gasteiger charge is 2.43. The van der Waals surface area contributed by atoms with Crippen LogP contribution in [0.3, 0.4) is 0 Å². The Labute approximate surface area is 142 Å². The predicted molar refractivity (Wildman–Crippen MR) is 83.1 cm³/mol. The number of nitrogens with one attached hydrogen (secondary N) is 2. The Kier molecular flexibility index (Phi) is 5.85. The number of carbonyl (C=O) groups is 4. The molecule has 0 saturated carbocycles. The number of rotatable bonds is 4. The molecule has 1 aliphatic rings. The van der Waals surface area contributed by atoms with Gasteiger partial charge in [0, 0.05) is 19.6 Å². The monoisotopic (exact) mass is 355 g/mol. The van der Waals surface area contributed by atoms with E-state index in [0.717, 1.165) is 0 Å². The van der Waals surface area contributed by atoms with Gasteiger partial charge in [0.25, 0.3) is 5.91 Å². The van der Waals surface area contributed by atoms with Crippen LogP contribution in [-0.4, -0.2) is 47.0 Å². The first-order chi connectivity index (χ1) is 11.4. The second kappa shape index (κ2) is 7.86. The van der Waals surface area contributed by atoms with E-state index in [2.05, 4.69) is 10.9 Å². The third kappa shape index (κ3) is 4.28. The average molecular weight is 355 g/mol. The Hall–Kier alpha value is -2.49. The number of carbonyl (C=O) groups excluding carboxylic acids is 4. The highest BCUT2D eigenvalue weighted by molar-refractivity contribution is 7.99. The zero-order chi connectivity index (χ0) is 17.7. The fourth-order valence-electron chi connectivity index (χ4n) is 2.15. The fraction of sp³-hybridized carbons (Fsp3) is 0.429. The number of thioether (sulfide) groups is 1. The van der Waals surface area contributed by atoms with E-state index in [9.17, 15) is 19.2 Å². The molecule has 9 nitrogen and oxygen atoms in total. The van der Waals surface area contributed by atoms with Gasteiger partial charge in [0.2, 0.25) is 11.8 Å². The van der Waals surface area contributed by atoms with Crippen LogP contribution in [0.1, 0.15) is 25.0 Å². The van der Waals surface area contributed by atoms with E-state index in [4.69, 9.17) is 9.15 Å². The van der Waals surface area contributed by atoms with E-state index >= 15 is 0 Å². The first kappa shape index (κ1) is 17.9. The second-order valence-corrected chi connectivity index (χ2v) is 6.09. The Bertz CT molecular complexity index is 632. The summed E-state index contributed by atoms with van der Waals surface area (Å²) in [4.78, 5) is 47.6. The second-order valence-electron chi connectivity index (χ2n) is 4.98. The fourth-order valence-corrected chi connectivity index (χ4v) is 3.57. The molecule has 3 amide bonds. The zero-order valence-corrected chi connectivity index (χ0v) is 13.9. The summed E-state index contributed by atoms with van der Waals surface area (Å²) in [5.41, 5.74) is 4.16. The van der Waals surface area contributed by atoms with Crippen molar-refractivity contribution in [2.45, 2.75) is 25.3 Å². The Morgan fingerprint density at radius 2 is 2.08 bits per heavy atom. The number of esters is 1. The number of amides is 3. The summed E-state index contributed by atoms with van der Waals surface area (Å²) in [5, 5.41) is -0.414. The van der Waals surface area contributed by atoms with Crippen LogP contribution in [0, 0.1) is 0 Å². The average Bonchev–Trinajstić information content (AvgIpc) is 3.18. The number of nitrogens with zero attached hydrogens (tertiary/aromatic N) is 1. The van der Waals surface area contributed by atoms with Crippen molar-refractivity contribution in [3.63, 3.8) is 0 Å². The highest BCUT2D eigenvalue weighted by Crippen LogP contribution is 2.41. The number of hydrogen-bond donors (Lipinski definition) is 2. The summed E-state index contributed by atoms with van der Waals surface area (Å²) in [6.07, 6.45) is 1.49. The predicted octanol–water partition coefficient (Wildman–Crippen LogP) is -0.0474. The van der Waals surface area contributed by atoms with Crippen molar-refractivity contribution in [2.75, 3.05) is 12.4 Å². The van der Waals surface area contributed by atoms with Gasteiger partial charge in [-0.05, 0) is 12.1 Å². The van der Waals surface area contributed by atoms with Crippen molar-refractivity contribution in [3.05, 3.63) is 24.2 Å². The maximum absolute atomic E-state index is 12.2. The summed E-state index contributed by atoms with van der Waals surface area (Å²) in [6, 6.07) is 2.62. The third-order valence-corrected chi connectivity index (χ3v) is 4.43. The quantitative estimate of drug-likeness (QED) is 0.574. The van der Waals surface area contributed by atoms with E-state index in [1.54, 1.807) is 12.1 Å². The highest BCUT2D eigenvalue weighted by atomic mass is 32.2. The van der Waals surface area contributed by atoms with Crippen LogP contribution >= 0.6 is 11.8 Å². The molecule has 2 rings (SSSR count). The van der Waals surface area contributed by atoms with Gasteiger partial charge in [0.1, 0.15) is 17.2 Å². The molecule has 1 aromatic rings. The molecule has 2 heterocycles. The molecule has 2 atom stereocenters. The molecule has 1 fully saturated rings. The Morgan fingerprint density at radius 1 is 1.33 bits per heavy atom. The maximum atomic E-state index is 12.2. The van der Waals surface area contributed by atoms with Gasteiger partial charge in [0.05, 0.1) is 6.26 Å². The molecule has 24 heavy (non-hydrogen) atoms. The van der Waals surface area contributed by atoms with E-state index in [1.165, 1.54) is 36.8 Å². The number of hydrazine groups is 1. The van der Waals surface area contributed by atoms with E-state index in [1.807, 2.05) is 0 Å². The molecule has 0 bridgehead atoms. The molecular formula is C14H17N3O6S. The van der Waals surface area contributed by atoms with Crippen molar-refractivity contribution in [2.24, 2.45) is 0 Å². The Balaban J connectivity index is 1.95. The molecule has 0 aliphatic carbocycles. The van der Waals surface area contributed by atoms with Crippen LogP contribution in [0.15, 0.2) is 22.8 Å². The number of ether oxygens (including phenoxy) is 1. The van der Waals surface area contributed by atoms with Gasteiger partial charge in [-0.3, -0.25) is 25.2 Å². The largest absolute Gasteiger partial charge is 0.466 e. The first-order valence-corrected chi connectivity index (χ1v) is 8.11. The van der Waals surface area contributed by atoms with Gasteiger partial charge in [-0.1, -0.05) is 0 Å². The van der Waals surface area contributed by atoms with Crippen molar-refractivity contribution in [1.29, 1.82) is 0 Å². The molecule has 0 radical (unpaired) electrons. The van der Waals surface area contributed by atoms with Crippen LogP contribution in [0.25, 0.3) is 0 Å². The van der Waals surface area contributed by atoms with Crippen molar-refractivity contribution in [3.8, 4) is 0 Å². The standard InChI is InChI=1S/C14H17N3O6S/c1-8(18)15-16-12(20)6-23-14(21)10-7-24-13(17(10)9(2)19)11-4-3-5-22-11/h3-5,10,13H,6-7H2,1-2H3,(H,15,18)(H,16,20)/t10-,13-/m0/s1. The number of hydrogen-bond acceptors (Lipinski definition) is 7. The van der Waals surface area contributed by atoms with E-state index < -0.39 is 35.8 Å². The molecular weight excluding hydrogens is 338 g/mol. The normalized spacial score (nSPS) is 19.7. The van der Waals surface area contributed by atoms with Crippen LogP contribution in [0.2, 0.25) is 0 Å². The first-order valence-electron chi connectivity index (χ1n) is 7.06. The third-order valence-electron chi connectivity index (χ3n) is 3.15. The minimum absolute atomic E-state index is 0.300. The van der Waals surface area contributed by atoms with Gasteiger partial charge in [0.15, 0.2) is 6.61 Å². The van der Waals surface area contributed by atoms with Gasteiger partial charge < -0.3 is 14.1 Å². The molecule has 0 spiro atoms. The topological polar surface area (TPSA) is 118 Å². The van der Waals surface area contributed by atoms with Crippen LogP contribution in [0.4, 0.5) is 0 Å². The number of furan rings is 1. The molecule has 130 valence electrons. The van der Waals surface area contributed by atoms with Crippen molar-refractivity contribution < 1.29 is 28.3 Å². The summed E-state index contributed by atoms with van der Waals surface area (Å²) < 4.78 is 10.2. The minimum atomic E-state index is -0.809. The van der Waals surface area contributed by atoms with Gasteiger partial charge in [-0.2, -0.15) is 0 Å². The molecule has 1 saturated heterocycles. The molecule has 2 N–H and O–H groups in total. The van der Waals surface area contributed by atoms with Crippen molar-refractivity contribution in [1.82, 2.24) is 15.8 Å². The summed E-state index contributed by atoms with van der Waals surface area (Å²) in [5.74, 6) is -1.23. The minimum Gasteiger partial charge on any atom is -0.466 e. The Morgan fingerprint density at radius 3 is 2.67 bits per heavy atom. The van der Waals surface area contributed by atoms with Crippen LogP contribution in [0.5, 0.6) is 0 Å². The van der Waals surface area contributed by atoms with E-state index in [0.29, 0.717) is 11.5 Å². The van der Waals surface area contributed by atoms with Crippen LogP contribution in [-0.2, 0) is 23.9 Å². The SMILES string of the molecule is CC(=O)NNC(=O)COC(=O)[C@@H]1CS[C@@H](c2ccco2)N1C(C)=O. The summed E-state index contributed by atoms with van der Waals surface area (Å²) in [6.45, 7) is 2.02.